The maximum Gasteiger partial charge on any atom is 0.306 e. The first-order valence-electron chi connectivity index (χ1n) is 13.0. The number of benzene rings is 2. The Bertz CT molecular complexity index is 1060. The zero-order chi connectivity index (χ0) is 28.7. The highest BCUT2D eigenvalue weighted by Gasteiger charge is 2.35. The Labute approximate surface area is 225 Å². The third kappa shape index (κ3) is 8.43. The number of aryl methyl sites for hydroxylation is 5. The van der Waals surface area contributed by atoms with Gasteiger partial charge in [-0.15, -0.1) is 0 Å². The number of aromatic hydroxyl groups is 2. The van der Waals surface area contributed by atoms with Crippen molar-refractivity contribution in [2.75, 3.05) is 19.8 Å². The van der Waals surface area contributed by atoms with E-state index >= 15 is 0 Å². The van der Waals surface area contributed by atoms with Crippen molar-refractivity contribution in [2.24, 2.45) is 5.41 Å². The summed E-state index contributed by atoms with van der Waals surface area (Å²) in [5, 5.41) is 50.1. The van der Waals surface area contributed by atoms with Crippen molar-refractivity contribution in [1.82, 2.24) is 0 Å². The van der Waals surface area contributed by atoms with E-state index in [1.165, 1.54) is 0 Å². The van der Waals surface area contributed by atoms with Gasteiger partial charge in [0.05, 0.1) is 24.7 Å². The van der Waals surface area contributed by atoms with Crippen LogP contribution in [0.1, 0.15) is 73.4 Å². The predicted molar refractivity (Wildman–Crippen MR) is 145 cm³/mol. The van der Waals surface area contributed by atoms with Crippen LogP contribution in [0.4, 0.5) is 0 Å². The largest absolute Gasteiger partial charge is 0.507 e. The molecule has 0 bridgehead atoms. The van der Waals surface area contributed by atoms with Crippen molar-refractivity contribution in [1.29, 1.82) is 0 Å². The van der Waals surface area contributed by atoms with E-state index in [4.69, 9.17) is 9.62 Å². The van der Waals surface area contributed by atoms with Crippen LogP contribution < -0.4 is 0 Å². The van der Waals surface area contributed by atoms with Gasteiger partial charge in [0.15, 0.2) is 0 Å². The lowest BCUT2D eigenvalue weighted by Gasteiger charge is -2.32. The summed E-state index contributed by atoms with van der Waals surface area (Å²) in [6.07, 6.45) is 0.809. The van der Waals surface area contributed by atoms with Gasteiger partial charge in [-0.1, -0.05) is 45.0 Å². The quantitative estimate of drug-likeness (QED) is 0.143. The van der Waals surface area contributed by atoms with E-state index in [9.17, 15) is 30.5 Å². The molecule has 0 saturated heterocycles. The standard InChI is InChI=1S/C30H44O8/c1-19-11-22(12-20(2)27(19)34)8-10-26(33)37-18-30(16-31,17-32)15-24(38-36)9-7-23-13-21(3)28(35)25(14-23)29(4,5)6/h11-14,24,31-32,34-36H,7-10,15-18H2,1-6H3. The molecule has 0 saturated carbocycles. The number of ether oxygens (including phenoxy) is 1. The monoisotopic (exact) mass is 532 g/mol. The highest BCUT2D eigenvalue weighted by molar-refractivity contribution is 5.69. The van der Waals surface area contributed by atoms with Gasteiger partial charge < -0.3 is 25.2 Å². The molecule has 8 nitrogen and oxygen atoms in total. The summed E-state index contributed by atoms with van der Waals surface area (Å²) in [4.78, 5) is 17.1. The molecule has 212 valence electrons. The molecule has 2 aromatic rings. The van der Waals surface area contributed by atoms with E-state index in [0.717, 1.165) is 33.4 Å². The Balaban J connectivity index is 2.00. The lowest BCUT2D eigenvalue weighted by molar-refractivity contribution is -0.288. The summed E-state index contributed by atoms with van der Waals surface area (Å²) in [6.45, 7) is 10.4. The van der Waals surface area contributed by atoms with Gasteiger partial charge in [0, 0.05) is 6.42 Å². The van der Waals surface area contributed by atoms with Crippen LogP contribution in [0.5, 0.6) is 11.5 Å². The van der Waals surface area contributed by atoms with Gasteiger partial charge in [0.2, 0.25) is 0 Å². The highest BCUT2D eigenvalue weighted by atomic mass is 17.1. The minimum atomic E-state index is -1.18. The molecule has 1 atom stereocenters. The summed E-state index contributed by atoms with van der Waals surface area (Å²) < 4.78 is 5.41. The minimum absolute atomic E-state index is 0.0727. The van der Waals surface area contributed by atoms with Gasteiger partial charge in [0.25, 0.3) is 0 Å². The van der Waals surface area contributed by atoms with Gasteiger partial charge >= 0.3 is 5.97 Å². The number of hydrogen-bond donors (Lipinski definition) is 5. The van der Waals surface area contributed by atoms with Crippen molar-refractivity contribution in [3.8, 4) is 11.5 Å². The summed E-state index contributed by atoms with van der Waals surface area (Å²) in [6, 6.07) is 7.49. The van der Waals surface area contributed by atoms with Crippen LogP contribution in [0.15, 0.2) is 24.3 Å². The Hall–Kier alpha value is -2.65. The molecule has 38 heavy (non-hydrogen) atoms. The summed E-state index contributed by atoms with van der Waals surface area (Å²) in [5.41, 5.74) is 3.51. The van der Waals surface area contributed by atoms with E-state index in [-0.39, 0.29) is 36.4 Å². The third-order valence-corrected chi connectivity index (χ3v) is 7.11. The predicted octanol–water partition coefficient (Wildman–Crippen LogP) is 4.65. The third-order valence-electron chi connectivity index (χ3n) is 7.11. The molecule has 0 heterocycles. The van der Waals surface area contributed by atoms with Crippen LogP contribution in [-0.4, -0.2) is 57.6 Å². The van der Waals surface area contributed by atoms with Gasteiger partial charge in [-0.3, -0.25) is 10.1 Å². The first kappa shape index (κ1) is 31.6. The molecule has 8 heteroatoms. The molecule has 0 radical (unpaired) electrons. The van der Waals surface area contributed by atoms with Crippen molar-refractivity contribution in [2.45, 2.75) is 85.2 Å². The second-order valence-corrected chi connectivity index (χ2v) is 11.6. The number of rotatable bonds is 13. The van der Waals surface area contributed by atoms with Crippen LogP contribution >= 0.6 is 0 Å². The Morgan fingerprint density at radius 1 is 0.868 bits per heavy atom. The molecule has 2 aromatic carbocycles. The fourth-order valence-corrected chi connectivity index (χ4v) is 4.64. The highest BCUT2D eigenvalue weighted by Crippen LogP contribution is 2.35. The molecule has 0 spiro atoms. The molecule has 0 aliphatic carbocycles. The van der Waals surface area contributed by atoms with Crippen molar-refractivity contribution in [3.63, 3.8) is 0 Å². The van der Waals surface area contributed by atoms with E-state index in [1.807, 2.05) is 52.0 Å². The number of phenolic OH excluding ortho intramolecular Hbond substituents is 2. The van der Waals surface area contributed by atoms with Crippen molar-refractivity contribution < 1.29 is 40.1 Å². The Morgan fingerprint density at radius 2 is 1.39 bits per heavy atom. The lowest BCUT2D eigenvalue weighted by atomic mass is 9.82. The van der Waals surface area contributed by atoms with E-state index in [2.05, 4.69) is 0 Å². The van der Waals surface area contributed by atoms with E-state index in [1.54, 1.807) is 13.8 Å². The maximum absolute atomic E-state index is 12.4. The summed E-state index contributed by atoms with van der Waals surface area (Å²) in [5.74, 6) is 0.0338. The molecule has 0 fully saturated rings. The van der Waals surface area contributed by atoms with Crippen molar-refractivity contribution >= 4 is 5.97 Å². The first-order chi connectivity index (χ1) is 17.7. The molecule has 0 aliphatic rings. The lowest BCUT2D eigenvalue weighted by Crippen LogP contribution is -2.40. The fraction of sp³-hybridized carbons (Fsp3) is 0.567. The molecular formula is C30H44O8. The fourth-order valence-electron chi connectivity index (χ4n) is 4.64. The summed E-state index contributed by atoms with van der Waals surface area (Å²) in [7, 11) is 0. The summed E-state index contributed by atoms with van der Waals surface area (Å²) >= 11 is 0. The zero-order valence-corrected chi connectivity index (χ0v) is 23.5. The smallest absolute Gasteiger partial charge is 0.306 e. The number of carbonyl (C=O) groups is 1. The minimum Gasteiger partial charge on any atom is -0.507 e. The normalized spacial score (nSPS) is 13.0. The molecule has 0 aromatic heterocycles. The molecular weight excluding hydrogens is 488 g/mol. The maximum atomic E-state index is 12.4. The number of aliphatic hydroxyl groups is 2. The molecule has 2 rings (SSSR count). The van der Waals surface area contributed by atoms with Crippen LogP contribution in [0.2, 0.25) is 0 Å². The molecule has 1 unspecified atom stereocenters. The van der Waals surface area contributed by atoms with Gasteiger partial charge in [-0.2, -0.15) is 0 Å². The number of aliphatic hydroxyl groups excluding tert-OH is 2. The van der Waals surface area contributed by atoms with E-state index in [0.29, 0.717) is 19.3 Å². The van der Waals surface area contributed by atoms with Crippen LogP contribution in [0.3, 0.4) is 0 Å². The molecule has 5 N–H and O–H groups in total. The zero-order valence-electron chi connectivity index (χ0n) is 23.5. The SMILES string of the molecule is Cc1cc(CCC(=O)OCC(CO)(CO)CC(CCc2cc(C)c(O)c(C(C)(C)C)c2)OO)cc(C)c1O. The van der Waals surface area contributed by atoms with Crippen LogP contribution in [-0.2, 0) is 32.7 Å². The molecule has 0 aliphatic heterocycles. The Morgan fingerprint density at radius 3 is 1.89 bits per heavy atom. The second-order valence-electron chi connectivity index (χ2n) is 11.6. The van der Waals surface area contributed by atoms with Crippen LogP contribution in [0.25, 0.3) is 0 Å². The van der Waals surface area contributed by atoms with Gasteiger partial charge in [-0.05, 0) is 85.3 Å². The first-order valence-corrected chi connectivity index (χ1v) is 13.0. The second kappa shape index (κ2) is 13.4. The Kier molecular flexibility index (Phi) is 11.2. The number of phenols is 2. The number of hydrogen-bond acceptors (Lipinski definition) is 8. The molecule has 0 amide bonds. The average Bonchev–Trinajstić information content (AvgIpc) is 2.87. The van der Waals surface area contributed by atoms with E-state index < -0.39 is 30.7 Å². The topological polar surface area (TPSA) is 137 Å². The van der Waals surface area contributed by atoms with Crippen LogP contribution in [0, 0.1) is 26.2 Å². The van der Waals surface area contributed by atoms with Crippen molar-refractivity contribution in [3.05, 3.63) is 57.6 Å². The van der Waals surface area contributed by atoms with Gasteiger partial charge in [0.1, 0.15) is 18.1 Å². The average molecular weight is 533 g/mol. The van der Waals surface area contributed by atoms with Gasteiger partial charge in [-0.25, -0.2) is 4.89 Å². The number of carbonyl (C=O) groups excluding carboxylic acids is 1. The number of esters is 1.